The van der Waals surface area contributed by atoms with E-state index in [4.69, 9.17) is 18.9 Å². The van der Waals surface area contributed by atoms with Crippen molar-refractivity contribution in [3.05, 3.63) is 0 Å². The third kappa shape index (κ3) is 2.11. The van der Waals surface area contributed by atoms with E-state index in [1.807, 2.05) is 27.7 Å². The predicted octanol–water partition coefficient (Wildman–Crippen LogP) is 1.04. The molecule has 5 heteroatoms. The average Bonchev–Trinajstić information content (AvgIpc) is 2.55. The van der Waals surface area contributed by atoms with Crippen molar-refractivity contribution in [3.63, 3.8) is 0 Å². The van der Waals surface area contributed by atoms with Gasteiger partial charge in [-0.1, -0.05) is 6.92 Å². The molecular formula is C12H22O5. The highest BCUT2D eigenvalue weighted by Gasteiger charge is 2.58. The van der Waals surface area contributed by atoms with Gasteiger partial charge in [0.1, 0.15) is 18.3 Å². The fourth-order valence-electron chi connectivity index (χ4n) is 2.70. The first-order chi connectivity index (χ1) is 7.83. The summed E-state index contributed by atoms with van der Waals surface area (Å²) in [4.78, 5) is 0. The van der Waals surface area contributed by atoms with Gasteiger partial charge in [0.15, 0.2) is 12.1 Å². The van der Waals surface area contributed by atoms with Crippen LogP contribution in [-0.4, -0.2) is 48.2 Å². The molecule has 5 nitrogen and oxygen atoms in total. The number of hydrogen-bond donors (Lipinski definition) is 1. The van der Waals surface area contributed by atoms with E-state index in [0.29, 0.717) is 0 Å². The van der Waals surface area contributed by atoms with Gasteiger partial charge >= 0.3 is 0 Å². The quantitative estimate of drug-likeness (QED) is 0.789. The molecule has 5 atom stereocenters. The summed E-state index contributed by atoms with van der Waals surface area (Å²) >= 11 is 0. The van der Waals surface area contributed by atoms with Gasteiger partial charge in [0, 0.05) is 7.11 Å². The largest absolute Gasteiger partial charge is 0.376 e. The average molecular weight is 246 g/mol. The summed E-state index contributed by atoms with van der Waals surface area (Å²) in [7, 11) is 1.63. The van der Waals surface area contributed by atoms with Crippen LogP contribution >= 0.6 is 0 Å². The van der Waals surface area contributed by atoms with E-state index in [2.05, 4.69) is 0 Å². The molecule has 17 heavy (non-hydrogen) atoms. The summed E-state index contributed by atoms with van der Waals surface area (Å²) in [5.74, 6) is -0.713. The Hall–Kier alpha value is -0.200. The van der Waals surface area contributed by atoms with E-state index >= 15 is 0 Å². The summed E-state index contributed by atoms with van der Waals surface area (Å²) in [5, 5.41) is 10.0. The van der Waals surface area contributed by atoms with Gasteiger partial charge in [-0.2, -0.15) is 0 Å². The van der Waals surface area contributed by atoms with Gasteiger partial charge in [0.2, 0.25) is 0 Å². The topological polar surface area (TPSA) is 57.2 Å². The summed E-state index contributed by atoms with van der Waals surface area (Å²) in [6, 6.07) is 0. The van der Waals surface area contributed by atoms with Crippen LogP contribution in [0.15, 0.2) is 0 Å². The molecule has 2 saturated heterocycles. The summed E-state index contributed by atoms with van der Waals surface area (Å²) in [5.41, 5.74) is -0.556. The van der Waals surface area contributed by atoms with Crippen LogP contribution in [-0.2, 0) is 18.9 Å². The van der Waals surface area contributed by atoms with Crippen molar-refractivity contribution < 1.29 is 24.1 Å². The van der Waals surface area contributed by atoms with Crippen LogP contribution < -0.4 is 0 Å². The first-order valence-corrected chi connectivity index (χ1v) is 6.07. The van der Waals surface area contributed by atoms with E-state index in [1.165, 1.54) is 0 Å². The highest BCUT2D eigenvalue weighted by atomic mass is 16.8. The first kappa shape index (κ1) is 13.2. The maximum atomic E-state index is 10.0. The highest BCUT2D eigenvalue weighted by Crippen LogP contribution is 2.42. The summed E-state index contributed by atoms with van der Waals surface area (Å²) in [6.07, 6.45) is -1.28. The zero-order valence-electron chi connectivity index (χ0n) is 11.1. The predicted molar refractivity (Wildman–Crippen MR) is 60.4 cm³/mol. The molecule has 0 aromatic heterocycles. The molecule has 2 aliphatic rings. The summed E-state index contributed by atoms with van der Waals surface area (Å²) < 4.78 is 22.7. The lowest BCUT2D eigenvalue weighted by Crippen LogP contribution is -2.62. The molecule has 0 aromatic rings. The third-order valence-corrected chi connectivity index (χ3v) is 3.69. The number of aliphatic hydroxyl groups excluding tert-OH is 1. The van der Waals surface area contributed by atoms with E-state index < -0.39 is 23.8 Å². The SMILES string of the molecule is CC[C@]1(C)OC(O)[C@@H]2OC(C)(C)O[C@@H]2[C@H]1OC. The van der Waals surface area contributed by atoms with Crippen LogP contribution in [0, 0.1) is 0 Å². The Kier molecular flexibility index (Phi) is 3.25. The number of fused-ring (bicyclic) bond motifs is 1. The van der Waals surface area contributed by atoms with Gasteiger partial charge in [0.25, 0.3) is 0 Å². The van der Waals surface area contributed by atoms with E-state index in [-0.39, 0.29) is 12.2 Å². The molecule has 0 amide bonds. The Labute approximate surface area is 102 Å². The number of rotatable bonds is 2. The van der Waals surface area contributed by atoms with Crippen molar-refractivity contribution in [1.82, 2.24) is 0 Å². The molecule has 0 radical (unpaired) electrons. The molecule has 0 aromatic carbocycles. The minimum Gasteiger partial charge on any atom is -0.376 e. The molecule has 2 heterocycles. The molecule has 1 unspecified atom stereocenters. The Morgan fingerprint density at radius 3 is 2.24 bits per heavy atom. The van der Waals surface area contributed by atoms with Crippen LogP contribution in [0.5, 0.6) is 0 Å². The fraction of sp³-hybridized carbons (Fsp3) is 1.00. The second-order valence-corrected chi connectivity index (χ2v) is 5.40. The smallest absolute Gasteiger partial charge is 0.184 e. The monoisotopic (exact) mass is 246 g/mol. The van der Waals surface area contributed by atoms with Crippen molar-refractivity contribution >= 4 is 0 Å². The maximum Gasteiger partial charge on any atom is 0.184 e. The lowest BCUT2D eigenvalue weighted by atomic mass is 9.86. The number of ether oxygens (including phenoxy) is 4. The molecule has 2 fully saturated rings. The van der Waals surface area contributed by atoms with Gasteiger partial charge in [-0.15, -0.1) is 0 Å². The molecule has 0 spiro atoms. The first-order valence-electron chi connectivity index (χ1n) is 6.07. The Balaban J connectivity index is 2.28. The van der Waals surface area contributed by atoms with E-state index in [9.17, 15) is 5.11 Å². The normalized spacial score (nSPS) is 49.1. The Morgan fingerprint density at radius 1 is 1.12 bits per heavy atom. The standard InChI is InChI=1S/C12H22O5/c1-6-12(4)9(14-5)7-8(10(13)17-12)16-11(2,3)15-7/h7-10,13H,6H2,1-5H3/t7-,8+,9+,10?,12-/m0/s1. The highest BCUT2D eigenvalue weighted by molar-refractivity contribution is 5.02. The van der Waals surface area contributed by atoms with Crippen LogP contribution in [0.3, 0.4) is 0 Å². The second-order valence-electron chi connectivity index (χ2n) is 5.40. The summed E-state index contributed by atoms with van der Waals surface area (Å²) in [6.45, 7) is 7.58. The van der Waals surface area contributed by atoms with Crippen LogP contribution in [0.1, 0.15) is 34.1 Å². The van der Waals surface area contributed by atoms with Crippen LogP contribution in [0.4, 0.5) is 0 Å². The lowest BCUT2D eigenvalue weighted by Gasteiger charge is -2.46. The minimum atomic E-state index is -0.974. The molecule has 0 bridgehead atoms. The van der Waals surface area contributed by atoms with Gasteiger partial charge in [-0.25, -0.2) is 0 Å². The van der Waals surface area contributed by atoms with Crippen molar-refractivity contribution in [3.8, 4) is 0 Å². The minimum absolute atomic E-state index is 0.248. The van der Waals surface area contributed by atoms with E-state index in [0.717, 1.165) is 6.42 Å². The van der Waals surface area contributed by atoms with Gasteiger partial charge < -0.3 is 24.1 Å². The zero-order valence-corrected chi connectivity index (χ0v) is 11.1. The molecule has 1 N–H and O–H groups in total. The molecule has 0 saturated carbocycles. The fourth-order valence-corrected chi connectivity index (χ4v) is 2.70. The number of hydrogen-bond acceptors (Lipinski definition) is 5. The van der Waals surface area contributed by atoms with Crippen molar-refractivity contribution in [1.29, 1.82) is 0 Å². The molecule has 100 valence electrons. The number of aliphatic hydroxyl groups is 1. The molecule has 2 aliphatic heterocycles. The molecule has 2 rings (SSSR count). The van der Waals surface area contributed by atoms with Gasteiger partial charge in [-0.05, 0) is 27.2 Å². The van der Waals surface area contributed by atoms with E-state index in [1.54, 1.807) is 7.11 Å². The van der Waals surface area contributed by atoms with Gasteiger partial charge in [0.05, 0.1) is 5.60 Å². The van der Waals surface area contributed by atoms with Crippen LogP contribution in [0.25, 0.3) is 0 Å². The maximum absolute atomic E-state index is 10.0. The van der Waals surface area contributed by atoms with Crippen molar-refractivity contribution in [2.75, 3.05) is 7.11 Å². The second kappa shape index (κ2) is 4.17. The van der Waals surface area contributed by atoms with Crippen LogP contribution in [0.2, 0.25) is 0 Å². The van der Waals surface area contributed by atoms with Crippen molar-refractivity contribution in [2.24, 2.45) is 0 Å². The number of methoxy groups -OCH3 is 1. The molecule has 0 aliphatic carbocycles. The Morgan fingerprint density at radius 2 is 1.71 bits per heavy atom. The lowest BCUT2D eigenvalue weighted by molar-refractivity contribution is -0.298. The third-order valence-electron chi connectivity index (χ3n) is 3.69. The van der Waals surface area contributed by atoms with Crippen molar-refractivity contribution in [2.45, 2.75) is 70.1 Å². The molecular weight excluding hydrogens is 224 g/mol. The van der Waals surface area contributed by atoms with Gasteiger partial charge in [-0.3, -0.25) is 0 Å². The Bertz CT molecular complexity index is 293. The zero-order chi connectivity index (χ0) is 12.8.